The normalized spacial score (nSPS) is 10.7. The molecule has 21 heavy (non-hydrogen) atoms. The molecule has 1 heterocycles. The van der Waals surface area contributed by atoms with Crippen LogP contribution in [-0.2, 0) is 13.1 Å². The van der Waals surface area contributed by atoms with Crippen LogP contribution in [0.4, 0.5) is 10.1 Å². The van der Waals surface area contributed by atoms with E-state index < -0.39 is 5.82 Å². The smallest absolute Gasteiger partial charge is 0.271 e. The van der Waals surface area contributed by atoms with Crippen molar-refractivity contribution in [2.24, 2.45) is 0 Å². The number of halogens is 2. The molecule has 2 aromatic rings. The molecule has 5 nitrogen and oxygen atoms in total. The standard InChI is InChI=1S/C14H16ClFN4O/c1-3-20-13(12(17)8(2)19-20)14(21)18-7-9-4-5-11(16)10(15)6-9/h4-6H,3,7,17H2,1-2H3,(H,18,21). The van der Waals surface area contributed by atoms with Gasteiger partial charge < -0.3 is 11.1 Å². The number of carbonyl (C=O) groups excluding carboxylic acids is 1. The van der Waals surface area contributed by atoms with Crippen LogP contribution in [0, 0.1) is 12.7 Å². The summed E-state index contributed by atoms with van der Waals surface area (Å²) >= 11 is 5.70. The Kier molecular flexibility index (Phi) is 4.47. The fourth-order valence-electron chi connectivity index (χ4n) is 1.98. The van der Waals surface area contributed by atoms with Gasteiger partial charge in [0.2, 0.25) is 0 Å². The Morgan fingerprint density at radius 2 is 2.24 bits per heavy atom. The Morgan fingerprint density at radius 3 is 2.86 bits per heavy atom. The Morgan fingerprint density at radius 1 is 1.52 bits per heavy atom. The second-order valence-electron chi connectivity index (χ2n) is 4.59. The molecule has 3 N–H and O–H groups in total. The minimum atomic E-state index is -0.490. The van der Waals surface area contributed by atoms with Crippen LogP contribution < -0.4 is 11.1 Å². The number of nitrogens with zero attached hydrogens (tertiary/aromatic N) is 2. The van der Waals surface area contributed by atoms with Crippen molar-refractivity contribution in [3.8, 4) is 0 Å². The van der Waals surface area contributed by atoms with Crippen molar-refractivity contribution >= 4 is 23.2 Å². The molecular weight excluding hydrogens is 295 g/mol. The number of nitrogens with two attached hydrogens (primary N) is 1. The van der Waals surface area contributed by atoms with Gasteiger partial charge in [-0.05, 0) is 31.5 Å². The van der Waals surface area contributed by atoms with Crippen molar-refractivity contribution in [3.05, 3.63) is 46.0 Å². The third-order valence-electron chi connectivity index (χ3n) is 3.13. The number of anilines is 1. The minimum Gasteiger partial charge on any atom is -0.395 e. The summed E-state index contributed by atoms with van der Waals surface area (Å²) in [5.74, 6) is -0.814. The van der Waals surface area contributed by atoms with Crippen molar-refractivity contribution in [2.75, 3.05) is 5.73 Å². The first-order valence-electron chi connectivity index (χ1n) is 6.49. The van der Waals surface area contributed by atoms with Crippen molar-refractivity contribution in [2.45, 2.75) is 26.9 Å². The average Bonchev–Trinajstić information content (AvgIpc) is 2.75. The predicted octanol–water partition coefficient (Wildman–Crippen LogP) is 2.52. The van der Waals surface area contributed by atoms with Crippen LogP contribution >= 0.6 is 11.6 Å². The zero-order valence-electron chi connectivity index (χ0n) is 11.8. The quantitative estimate of drug-likeness (QED) is 0.911. The van der Waals surface area contributed by atoms with Gasteiger partial charge in [0.1, 0.15) is 11.5 Å². The Bertz CT molecular complexity index is 684. The van der Waals surface area contributed by atoms with E-state index in [9.17, 15) is 9.18 Å². The number of hydrogen-bond donors (Lipinski definition) is 2. The molecule has 7 heteroatoms. The molecule has 1 amide bonds. The minimum absolute atomic E-state index is 0.0238. The van der Waals surface area contributed by atoms with E-state index in [1.807, 2.05) is 6.92 Å². The largest absolute Gasteiger partial charge is 0.395 e. The maximum Gasteiger partial charge on any atom is 0.271 e. The lowest BCUT2D eigenvalue weighted by molar-refractivity contribution is 0.0941. The maximum atomic E-state index is 13.1. The summed E-state index contributed by atoms with van der Waals surface area (Å²) in [5, 5.41) is 6.94. The third-order valence-corrected chi connectivity index (χ3v) is 3.42. The maximum absolute atomic E-state index is 13.1. The molecule has 0 atom stereocenters. The van der Waals surface area contributed by atoms with Crippen molar-refractivity contribution < 1.29 is 9.18 Å². The van der Waals surface area contributed by atoms with Crippen LogP contribution in [0.1, 0.15) is 28.7 Å². The van der Waals surface area contributed by atoms with E-state index >= 15 is 0 Å². The highest BCUT2D eigenvalue weighted by atomic mass is 35.5. The SMILES string of the molecule is CCn1nc(C)c(N)c1C(=O)NCc1ccc(F)c(Cl)c1. The Balaban J connectivity index is 2.13. The lowest BCUT2D eigenvalue weighted by Crippen LogP contribution is -2.26. The van der Waals surface area contributed by atoms with E-state index in [0.29, 0.717) is 29.2 Å². The fourth-order valence-corrected chi connectivity index (χ4v) is 2.18. The molecule has 0 saturated heterocycles. The third kappa shape index (κ3) is 3.16. The van der Waals surface area contributed by atoms with E-state index in [2.05, 4.69) is 10.4 Å². The summed E-state index contributed by atoms with van der Waals surface area (Å²) in [6, 6.07) is 4.30. The summed E-state index contributed by atoms with van der Waals surface area (Å²) in [6.07, 6.45) is 0. The number of nitrogens with one attached hydrogen (secondary N) is 1. The number of carbonyl (C=O) groups is 1. The first-order chi connectivity index (χ1) is 9.93. The van der Waals surface area contributed by atoms with Gasteiger partial charge in [-0.1, -0.05) is 17.7 Å². The Labute approximate surface area is 126 Å². The summed E-state index contributed by atoms with van der Waals surface area (Å²) in [7, 11) is 0. The average molecular weight is 311 g/mol. The van der Waals surface area contributed by atoms with Gasteiger partial charge in [-0.3, -0.25) is 9.48 Å². The lowest BCUT2D eigenvalue weighted by Gasteiger charge is -2.08. The van der Waals surface area contributed by atoms with Gasteiger partial charge in [0, 0.05) is 13.1 Å². The van der Waals surface area contributed by atoms with Crippen molar-refractivity contribution in [3.63, 3.8) is 0 Å². The number of amides is 1. The van der Waals surface area contributed by atoms with Crippen LogP contribution in [0.3, 0.4) is 0 Å². The molecule has 112 valence electrons. The summed E-state index contributed by atoms with van der Waals surface area (Å²) in [6.45, 7) is 4.40. The van der Waals surface area contributed by atoms with Gasteiger partial charge in [0.25, 0.3) is 5.91 Å². The molecule has 1 aromatic carbocycles. The summed E-state index contributed by atoms with van der Waals surface area (Å²) in [4.78, 5) is 12.2. The zero-order valence-corrected chi connectivity index (χ0v) is 12.5. The van der Waals surface area contributed by atoms with Crippen molar-refractivity contribution in [1.82, 2.24) is 15.1 Å². The van der Waals surface area contributed by atoms with Gasteiger partial charge in [-0.15, -0.1) is 0 Å². The highest BCUT2D eigenvalue weighted by Gasteiger charge is 2.18. The molecule has 0 fully saturated rings. The zero-order chi connectivity index (χ0) is 15.6. The molecule has 0 saturated carbocycles. The van der Waals surface area contributed by atoms with E-state index in [-0.39, 0.29) is 17.5 Å². The number of aromatic nitrogens is 2. The van der Waals surface area contributed by atoms with Gasteiger partial charge in [0.15, 0.2) is 0 Å². The first-order valence-corrected chi connectivity index (χ1v) is 6.86. The van der Waals surface area contributed by atoms with E-state index in [1.54, 1.807) is 17.7 Å². The van der Waals surface area contributed by atoms with Crippen LogP contribution in [0.25, 0.3) is 0 Å². The molecule has 1 aromatic heterocycles. The van der Waals surface area contributed by atoms with Crippen molar-refractivity contribution in [1.29, 1.82) is 0 Å². The van der Waals surface area contributed by atoms with Crippen LogP contribution in [0.15, 0.2) is 18.2 Å². The number of rotatable bonds is 4. The Hall–Kier alpha value is -2.08. The topological polar surface area (TPSA) is 72.9 Å². The molecule has 0 radical (unpaired) electrons. The van der Waals surface area contributed by atoms with E-state index in [1.165, 1.54) is 12.1 Å². The number of aryl methyl sites for hydroxylation is 2. The van der Waals surface area contributed by atoms with Crippen LogP contribution in [0.2, 0.25) is 5.02 Å². The summed E-state index contributed by atoms with van der Waals surface area (Å²) in [5.41, 5.74) is 7.90. The van der Waals surface area contributed by atoms with Gasteiger partial charge in [-0.25, -0.2) is 4.39 Å². The number of hydrogen-bond acceptors (Lipinski definition) is 3. The van der Waals surface area contributed by atoms with Crippen LogP contribution in [0.5, 0.6) is 0 Å². The van der Waals surface area contributed by atoms with E-state index in [0.717, 1.165) is 0 Å². The molecule has 0 bridgehead atoms. The first kappa shape index (κ1) is 15.3. The molecule has 0 aliphatic rings. The van der Waals surface area contributed by atoms with Crippen LogP contribution in [-0.4, -0.2) is 15.7 Å². The van der Waals surface area contributed by atoms with E-state index in [4.69, 9.17) is 17.3 Å². The van der Waals surface area contributed by atoms with Gasteiger partial charge in [-0.2, -0.15) is 5.10 Å². The fraction of sp³-hybridized carbons (Fsp3) is 0.286. The molecule has 0 aliphatic heterocycles. The second kappa shape index (κ2) is 6.13. The molecular formula is C14H16ClFN4O. The molecule has 0 unspecified atom stereocenters. The second-order valence-corrected chi connectivity index (χ2v) is 5.00. The predicted molar refractivity (Wildman–Crippen MR) is 79.6 cm³/mol. The summed E-state index contributed by atoms with van der Waals surface area (Å²) < 4.78 is 14.6. The molecule has 0 spiro atoms. The number of nitrogen functional groups attached to an aromatic ring is 1. The monoisotopic (exact) mass is 310 g/mol. The van der Waals surface area contributed by atoms with Gasteiger partial charge in [0.05, 0.1) is 16.4 Å². The number of benzene rings is 1. The highest BCUT2D eigenvalue weighted by molar-refractivity contribution is 6.30. The molecule has 0 aliphatic carbocycles. The molecule has 2 rings (SSSR count). The van der Waals surface area contributed by atoms with Gasteiger partial charge >= 0.3 is 0 Å². The highest BCUT2D eigenvalue weighted by Crippen LogP contribution is 2.18. The lowest BCUT2D eigenvalue weighted by atomic mass is 10.2.